The molecule has 0 spiro atoms. The first-order valence-electron chi connectivity index (χ1n) is 5.99. The first-order valence-corrected chi connectivity index (χ1v) is 5.99. The zero-order valence-corrected chi connectivity index (χ0v) is 10.5. The minimum atomic E-state index is -0.968. The summed E-state index contributed by atoms with van der Waals surface area (Å²) in [5, 5.41) is 29.5. The number of para-hydroxylation sites is 2. The van der Waals surface area contributed by atoms with Crippen LogP contribution in [0.4, 0.5) is 5.69 Å². The minimum absolute atomic E-state index is 0.00569. The highest BCUT2D eigenvalue weighted by atomic mass is 16.6. The number of aliphatic hydroxyl groups excluding tert-OH is 2. The van der Waals surface area contributed by atoms with E-state index >= 15 is 0 Å². The van der Waals surface area contributed by atoms with Crippen LogP contribution in [0.2, 0.25) is 0 Å². The van der Waals surface area contributed by atoms with Crippen LogP contribution in [0.5, 0.6) is 5.75 Å². The van der Waals surface area contributed by atoms with E-state index in [2.05, 4.69) is 0 Å². The molecule has 1 amide bonds. The van der Waals surface area contributed by atoms with Gasteiger partial charge in [0.2, 0.25) is 0 Å². The Balaban J connectivity index is 1.96. The van der Waals surface area contributed by atoms with Gasteiger partial charge >= 0.3 is 5.69 Å². The predicted octanol–water partition coefficient (Wildman–Crippen LogP) is -0.462. The molecule has 1 aromatic carbocycles. The number of benzene rings is 1. The van der Waals surface area contributed by atoms with Crippen molar-refractivity contribution < 1.29 is 24.7 Å². The highest BCUT2D eigenvalue weighted by Gasteiger charge is 2.32. The Morgan fingerprint density at radius 3 is 2.55 bits per heavy atom. The summed E-state index contributed by atoms with van der Waals surface area (Å²) in [5.41, 5.74) is -0.221. The smallest absolute Gasteiger partial charge is 0.310 e. The summed E-state index contributed by atoms with van der Waals surface area (Å²) < 4.78 is 5.15. The van der Waals surface area contributed by atoms with Crippen LogP contribution in [0.1, 0.15) is 0 Å². The van der Waals surface area contributed by atoms with Crippen LogP contribution < -0.4 is 4.74 Å². The summed E-state index contributed by atoms with van der Waals surface area (Å²) >= 11 is 0. The lowest BCUT2D eigenvalue weighted by Gasteiger charge is -2.15. The van der Waals surface area contributed by atoms with E-state index in [-0.39, 0.29) is 31.1 Å². The van der Waals surface area contributed by atoms with Crippen molar-refractivity contribution in [3.05, 3.63) is 34.4 Å². The van der Waals surface area contributed by atoms with Crippen molar-refractivity contribution in [1.82, 2.24) is 4.90 Å². The molecule has 0 bridgehead atoms. The molecule has 8 nitrogen and oxygen atoms in total. The van der Waals surface area contributed by atoms with Crippen LogP contribution >= 0.6 is 0 Å². The van der Waals surface area contributed by atoms with E-state index < -0.39 is 23.0 Å². The maximum absolute atomic E-state index is 11.8. The summed E-state index contributed by atoms with van der Waals surface area (Å²) in [6.45, 7) is -0.329. The molecule has 0 aromatic heterocycles. The number of nitro groups is 1. The molecule has 0 radical (unpaired) electrons. The zero-order valence-electron chi connectivity index (χ0n) is 10.5. The molecule has 2 atom stereocenters. The number of carbonyl (C=O) groups is 1. The molecule has 108 valence electrons. The van der Waals surface area contributed by atoms with Crippen molar-refractivity contribution >= 4 is 11.6 Å². The molecule has 0 saturated carbocycles. The van der Waals surface area contributed by atoms with E-state index in [0.29, 0.717) is 0 Å². The molecule has 20 heavy (non-hydrogen) atoms. The average molecular weight is 282 g/mol. The Morgan fingerprint density at radius 2 is 1.95 bits per heavy atom. The molecule has 1 heterocycles. The number of nitrogens with zero attached hydrogens (tertiary/aromatic N) is 2. The van der Waals surface area contributed by atoms with E-state index in [4.69, 9.17) is 4.74 Å². The molecule has 1 fully saturated rings. The molecular weight excluding hydrogens is 268 g/mol. The molecule has 2 rings (SSSR count). The van der Waals surface area contributed by atoms with E-state index in [1.54, 1.807) is 6.07 Å². The van der Waals surface area contributed by atoms with Gasteiger partial charge in [0.25, 0.3) is 5.91 Å². The van der Waals surface area contributed by atoms with Gasteiger partial charge in [-0.25, -0.2) is 0 Å². The predicted molar refractivity (Wildman–Crippen MR) is 67.2 cm³/mol. The van der Waals surface area contributed by atoms with Gasteiger partial charge in [0.15, 0.2) is 12.4 Å². The molecule has 2 unspecified atom stereocenters. The summed E-state index contributed by atoms with van der Waals surface area (Å²) in [5.74, 6) is -0.440. The number of carbonyl (C=O) groups excluding carboxylic acids is 1. The molecular formula is C12H14N2O6. The molecule has 8 heteroatoms. The van der Waals surface area contributed by atoms with Crippen LogP contribution in [0.25, 0.3) is 0 Å². The Kier molecular flexibility index (Phi) is 4.16. The third kappa shape index (κ3) is 3.03. The Hall–Kier alpha value is -2.19. The quantitative estimate of drug-likeness (QED) is 0.570. The van der Waals surface area contributed by atoms with E-state index in [9.17, 15) is 25.1 Å². The fraction of sp³-hybridized carbons (Fsp3) is 0.417. The Morgan fingerprint density at radius 1 is 1.35 bits per heavy atom. The molecule has 0 aliphatic carbocycles. The van der Waals surface area contributed by atoms with E-state index in [1.165, 1.54) is 23.1 Å². The van der Waals surface area contributed by atoms with Gasteiger partial charge in [-0.05, 0) is 6.07 Å². The third-order valence-corrected chi connectivity index (χ3v) is 3.02. The second-order valence-electron chi connectivity index (χ2n) is 4.45. The van der Waals surface area contributed by atoms with Crippen LogP contribution in [-0.4, -0.2) is 57.8 Å². The minimum Gasteiger partial charge on any atom is -0.477 e. The maximum Gasteiger partial charge on any atom is 0.310 e. The van der Waals surface area contributed by atoms with E-state index in [1.807, 2.05) is 0 Å². The largest absolute Gasteiger partial charge is 0.477 e. The lowest BCUT2D eigenvalue weighted by molar-refractivity contribution is -0.385. The number of nitro benzene ring substituents is 1. The van der Waals surface area contributed by atoms with Crippen LogP contribution in [0.15, 0.2) is 24.3 Å². The highest BCUT2D eigenvalue weighted by molar-refractivity contribution is 5.78. The summed E-state index contributed by atoms with van der Waals surface area (Å²) in [7, 11) is 0. The highest BCUT2D eigenvalue weighted by Crippen LogP contribution is 2.25. The van der Waals surface area contributed by atoms with Gasteiger partial charge in [-0.15, -0.1) is 0 Å². The molecule has 1 aliphatic heterocycles. The summed E-state index contributed by atoms with van der Waals surface area (Å²) in [6.07, 6.45) is -1.94. The zero-order chi connectivity index (χ0) is 14.7. The number of amides is 1. The summed E-state index contributed by atoms with van der Waals surface area (Å²) in [6, 6.07) is 5.75. The summed E-state index contributed by atoms with van der Waals surface area (Å²) in [4.78, 5) is 23.2. The first kappa shape index (κ1) is 14.2. The third-order valence-electron chi connectivity index (χ3n) is 3.02. The van der Waals surface area contributed by atoms with Gasteiger partial charge in [0, 0.05) is 19.2 Å². The number of hydrogen-bond acceptors (Lipinski definition) is 6. The van der Waals surface area contributed by atoms with Gasteiger partial charge in [-0.3, -0.25) is 14.9 Å². The van der Waals surface area contributed by atoms with Crippen LogP contribution in [-0.2, 0) is 4.79 Å². The number of likely N-dealkylation sites (tertiary alicyclic amines) is 1. The van der Waals surface area contributed by atoms with Crippen molar-refractivity contribution in [2.24, 2.45) is 0 Å². The maximum atomic E-state index is 11.8. The van der Waals surface area contributed by atoms with Gasteiger partial charge in [0.1, 0.15) is 0 Å². The molecule has 2 N–H and O–H groups in total. The second kappa shape index (κ2) is 5.85. The van der Waals surface area contributed by atoms with Gasteiger partial charge in [-0.2, -0.15) is 0 Å². The first-order chi connectivity index (χ1) is 9.49. The number of β-amino-alcohol motifs (C(OH)–C–C–N with tert-alkyl or cyclic N) is 2. The topological polar surface area (TPSA) is 113 Å². The number of hydrogen-bond donors (Lipinski definition) is 2. The lowest BCUT2D eigenvalue weighted by Crippen LogP contribution is -2.34. The van der Waals surface area contributed by atoms with Gasteiger partial charge in [-0.1, -0.05) is 12.1 Å². The van der Waals surface area contributed by atoms with E-state index in [0.717, 1.165) is 0 Å². The number of ether oxygens (including phenoxy) is 1. The fourth-order valence-electron chi connectivity index (χ4n) is 1.93. The standard InChI is InChI=1S/C12H14N2O6/c15-9-5-13(6-10(9)16)12(17)7-20-11-4-2-1-3-8(11)14(18)19/h1-4,9-10,15-16H,5-7H2. The van der Waals surface area contributed by atoms with Crippen LogP contribution in [0, 0.1) is 10.1 Å². The second-order valence-corrected chi connectivity index (χ2v) is 4.45. The Labute approximate surface area is 114 Å². The van der Waals surface area contributed by atoms with Crippen molar-refractivity contribution in [1.29, 1.82) is 0 Å². The Bertz CT molecular complexity index is 510. The van der Waals surface area contributed by atoms with Crippen LogP contribution in [0.3, 0.4) is 0 Å². The average Bonchev–Trinajstić information content (AvgIpc) is 2.76. The number of rotatable bonds is 4. The monoisotopic (exact) mass is 282 g/mol. The van der Waals surface area contributed by atoms with Gasteiger partial charge < -0.3 is 19.8 Å². The lowest BCUT2D eigenvalue weighted by atomic mass is 10.3. The molecule has 1 saturated heterocycles. The molecule has 1 aromatic rings. The molecule has 1 aliphatic rings. The SMILES string of the molecule is O=C(COc1ccccc1[N+](=O)[O-])N1CC(O)C(O)C1. The van der Waals surface area contributed by atoms with Crippen molar-refractivity contribution in [3.63, 3.8) is 0 Å². The fourth-order valence-corrected chi connectivity index (χ4v) is 1.93. The van der Waals surface area contributed by atoms with Crippen molar-refractivity contribution in [2.45, 2.75) is 12.2 Å². The number of aliphatic hydroxyl groups is 2. The van der Waals surface area contributed by atoms with Gasteiger partial charge in [0.05, 0.1) is 17.1 Å². The normalized spacial score (nSPS) is 21.8. The van der Waals surface area contributed by atoms with Crippen molar-refractivity contribution in [2.75, 3.05) is 19.7 Å². The van der Waals surface area contributed by atoms with Crippen molar-refractivity contribution in [3.8, 4) is 5.75 Å².